The molecule has 0 heterocycles. The molecule has 2 N–H and O–H groups in total. The van der Waals surface area contributed by atoms with Gasteiger partial charge in [-0.15, -0.1) is 12.6 Å². The summed E-state index contributed by atoms with van der Waals surface area (Å²) in [6, 6.07) is 5.18. The molecule has 0 spiro atoms. The molecule has 6 heteroatoms. The lowest BCUT2D eigenvalue weighted by Gasteiger charge is -2.16. The standard InChI is InChI=1S/C12H18N2O2S2/c1-8(7-17)10-3-2-4-11(12(10)18)16-6-9(5-13)14-15/h2-4,8-9,17-18H,5-7,13H2,1H3. The molecule has 2 unspecified atom stereocenters. The molecule has 100 valence electrons. The molecule has 2 atom stereocenters. The predicted molar refractivity (Wildman–Crippen MR) is 80.1 cm³/mol. The van der Waals surface area contributed by atoms with Crippen LogP contribution in [0.2, 0.25) is 0 Å². The van der Waals surface area contributed by atoms with Crippen LogP contribution in [0.3, 0.4) is 0 Å². The number of benzene rings is 1. The molecule has 0 aliphatic carbocycles. The van der Waals surface area contributed by atoms with Gasteiger partial charge in [0, 0.05) is 11.4 Å². The molecule has 1 aromatic rings. The monoisotopic (exact) mass is 286 g/mol. The fourth-order valence-corrected chi connectivity index (χ4v) is 2.11. The van der Waals surface area contributed by atoms with E-state index in [4.69, 9.17) is 10.5 Å². The van der Waals surface area contributed by atoms with Crippen LogP contribution < -0.4 is 10.5 Å². The van der Waals surface area contributed by atoms with Gasteiger partial charge in [0.1, 0.15) is 18.4 Å². The van der Waals surface area contributed by atoms with Gasteiger partial charge < -0.3 is 10.5 Å². The largest absolute Gasteiger partial charge is 0.490 e. The van der Waals surface area contributed by atoms with Crippen LogP contribution in [0.1, 0.15) is 18.4 Å². The van der Waals surface area contributed by atoms with Gasteiger partial charge in [0.15, 0.2) is 0 Å². The van der Waals surface area contributed by atoms with E-state index in [0.29, 0.717) is 11.7 Å². The van der Waals surface area contributed by atoms with Crippen molar-refractivity contribution in [2.24, 2.45) is 10.9 Å². The van der Waals surface area contributed by atoms with Crippen LogP contribution >= 0.6 is 25.3 Å². The maximum absolute atomic E-state index is 10.4. The molecule has 0 saturated carbocycles. The van der Waals surface area contributed by atoms with Crippen LogP contribution in [0.15, 0.2) is 28.3 Å². The van der Waals surface area contributed by atoms with E-state index in [-0.39, 0.29) is 13.2 Å². The van der Waals surface area contributed by atoms with Crippen molar-refractivity contribution in [2.45, 2.75) is 23.8 Å². The highest BCUT2D eigenvalue weighted by atomic mass is 32.1. The summed E-state index contributed by atoms with van der Waals surface area (Å²) in [5.74, 6) is 1.67. The number of ether oxygens (including phenoxy) is 1. The van der Waals surface area contributed by atoms with Crippen LogP contribution in [0, 0.1) is 4.91 Å². The van der Waals surface area contributed by atoms with E-state index in [9.17, 15) is 4.91 Å². The highest BCUT2D eigenvalue weighted by Crippen LogP contribution is 2.31. The average molecular weight is 286 g/mol. The highest BCUT2D eigenvalue weighted by Gasteiger charge is 2.13. The van der Waals surface area contributed by atoms with E-state index in [1.807, 2.05) is 18.2 Å². The topological polar surface area (TPSA) is 64.7 Å². The second kappa shape index (κ2) is 7.66. The van der Waals surface area contributed by atoms with E-state index in [2.05, 4.69) is 37.4 Å². The number of nitroso groups, excluding NO2 is 1. The van der Waals surface area contributed by atoms with Crippen LogP contribution in [-0.2, 0) is 0 Å². The van der Waals surface area contributed by atoms with E-state index in [1.54, 1.807) is 0 Å². The van der Waals surface area contributed by atoms with Crippen molar-refractivity contribution in [1.82, 2.24) is 0 Å². The van der Waals surface area contributed by atoms with Crippen LogP contribution in [0.4, 0.5) is 0 Å². The summed E-state index contributed by atoms with van der Waals surface area (Å²) in [4.78, 5) is 11.2. The van der Waals surface area contributed by atoms with Crippen molar-refractivity contribution < 1.29 is 4.74 Å². The molecule has 0 radical (unpaired) electrons. The molecule has 0 saturated heterocycles. The third-order valence-electron chi connectivity index (χ3n) is 2.69. The third-order valence-corrected chi connectivity index (χ3v) is 3.71. The van der Waals surface area contributed by atoms with Crippen molar-refractivity contribution in [3.05, 3.63) is 28.7 Å². The highest BCUT2D eigenvalue weighted by molar-refractivity contribution is 7.80. The van der Waals surface area contributed by atoms with Gasteiger partial charge in [-0.05, 0) is 23.3 Å². The van der Waals surface area contributed by atoms with Gasteiger partial charge in [-0.3, -0.25) is 0 Å². The van der Waals surface area contributed by atoms with E-state index < -0.39 is 6.04 Å². The summed E-state index contributed by atoms with van der Waals surface area (Å²) in [6.45, 7) is 2.42. The van der Waals surface area contributed by atoms with Gasteiger partial charge in [-0.1, -0.05) is 24.2 Å². The fourth-order valence-electron chi connectivity index (χ4n) is 1.48. The van der Waals surface area contributed by atoms with Gasteiger partial charge in [0.25, 0.3) is 0 Å². The number of rotatable bonds is 7. The summed E-state index contributed by atoms with van der Waals surface area (Å²) in [5, 5.41) is 2.89. The summed E-state index contributed by atoms with van der Waals surface area (Å²) in [6.07, 6.45) is 0. The summed E-state index contributed by atoms with van der Waals surface area (Å²) in [7, 11) is 0. The zero-order chi connectivity index (χ0) is 13.5. The Hall–Kier alpha value is -0.720. The molecule has 4 nitrogen and oxygen atoms in total. The van der Waals surface area contributed by atoms with E-state index >= 15 is 0 Å². The summed E-state index contributed by atoms with van der Waals surface area (Å²) < 4.78 is 5.54. The summed E-state index contributed by atoms with van der Waals surface area (Å²) in [5.41, 5.74) is 6.46. The van der Waals surface area contributed by atoms with Crippen LogP contribution in [0.25, 0.3) is 0 Å². The Morgan fingerprint density at radius 2 is 2.22 bits per heavy atom. The predicted octanol–water partition coefficient (Wildman–Crippen LogP) is 2.48. The Morgan fingerprint density at radius 3 is 2.78 bits per heavy atom. The molecule has 0 aromatic heterocycles. The fraction of sp³-hybridized carbons (Fsp3) is 0.500. The Balaban J connectivity index is 2.80. The Bertz CT molecular complexity index is 402. The number of nitrogens with zero attached hydrogens (tertiary/aromatic N) is 1. The second-order valence-corrected chi connectivity index (χ2v) is 4.90. The minimum Gasteiger partial charge on any atom is -0.490 e. The molecule has 0 bridgehead atoms. The Kier molecular flexibility index (Phi) is 6.52. The maximum Gasteiger partial charge on any atom is 0.138 e. The second-order valence-electron chi connectivity index (χ2n) is 4.08. The lowest BCUT2D eigenvalue weighted by Crippen LogP contribution is -2.25. The SMILES string of the molecule is CC(CS)c1cccc(OCC(CN)N=O)c1S. The average Bonchev–Trinajstić information content (AvgIpc) is 2.40. The first-order chi connectivity index (χ1) is 8.63. The zero-order valence-electron chi connectivity index (χ0n) is 10.2. The molecule has 0 aliphatic rings. The quantitative estimate of drug-likeness (QED) is 0.533. The van der Waals surface area contributed by atoms with Crippen LogP contribution in [-0.4, -0.2) is 24.9 Å². The first-order valence-electron chi connectivity index (χ1n) is 5.72. The smallest absolute Gasteiger partial charge is 0.138 e. The molecule has 1 aromatic carbocycles. The first-order valence-corrected chi connectivity index (χ1v) is 6.80. The van der Waals surface area contributed by atoms with Crippen molar-refractivity contribution in [3.63, 3.8) is 0 Å². The lowest BCUT2D eigenvalue weighted by atomic mass is 10.0. The third kappa shape index (κ3) is 3.90. The first kappa shape index (κ1) is 15.3. The van der Waals surface area contributed by atoms with Crippen molar-refractivity contribution in [2.75, 3.05) is 18.9 Å². The number of nitrogens with two attached hydrogens (primary N) is 1. The number of hydrogen-bond acceptors (Lipinski definition) is 6. The van der Waals surface area contributed by atoms with E-state index in [0.717, 1.165) is 16.2 Å². The molecular formula is C12H18N2O2S2. The van der Waals surface area contributed by atoms with Gasteiger partial charge in [-0.25, -0.2) is 0 Å². The van der Waals surface area contributed by atoms with Gasteiger partial charge in [0.2, 0.25) is 0 Å². The Labute approximate surface area is 118 Å². The summed E-state index contributed by atoms with van der Waals surface area (Å²) >= 11 is 8.74. The van der Waals surface area contributed by atoms with Crippen LogP contribution in [0.5, 0.6) is 5.75 Å². The lowest BCUT2D eigenvalue weighted by molar-refractivity contribution is 0.284. The minimum atomic E-state index is -0.524. The van der Waals surface area contributed by atoms with Gasteiger partial charge in [-0.2, -0.15) is 17.5 Å². The van der Waals surface area contributed by atoms with E-state index in [1.165, 1.54) is 0 Å². The Morgan fingerprint density at radius 1 is 1.50 bits per heavy atom. The molecule has 0 aliphatic heterocycles. The molecule has 18 heavy (non-hydrogen) atoms. The minimum absolute atomic E-state index is 0.173. The molecular weight excluding hydrogens is 268 g/mol. The maximum atomic E-state index is 10.4. The normalized spacial score (nSPS) is 14.0. The van der Waals surface area contributed by atoms with Gasteiger partial charge in [0.05, 0.1) is 0 Å². The van der Waals surface area contributed by atoms with Crippen molar-refractivity contribution in [1.29, 1.82) is 0 Å². The molecule has 0 amide bonds. The van der Waals surface area contributed by atoms with Crippen molar-refractivity contribution in [3.8, 4) is 5.75 Å². The van der Waals surface area contributed by atoms with Crippen molar-refractivity contribution >= 4 is 25.3 Å². The number of hydrogen-bond donors (Lipinski definition) is 3. The zero-order valence-corrected chi connectivity index (χ0v) is 12.0. The molecule has 1 rings (SSSR count). The number of thiol groups is 2. The van der Waals surface area contributed by atoms with Gasteiger partial charge >= 0.3 is 0 Å². The molecule has 0 fully saturated rings.